The van der Waals surface area contributed by atoms with E-state index in [2.05, 4.69) is 4.74 Å². The van der Waals surface area contributed by atoms with E-state index in [1.54, 1.807) is 0 Å². The topological polar surface area (TPSA) is 79.4 Å². The van der Waals surface area contributed by atoms with Crippen molar-refractivity contribution in [2.45, 2.75) is 19.9 Å². The molecule has 0 fully saturated rings. The highest BCUT2D eigenvalue weighted by molar-refractivity contribution is 5.83. The molecule has 0 saturated heterocycles. The summed E-state index contributed by atoms with van der Waals surface area (Å²) in [6.45, 7) is 3.78. The first-order valence-corrected chi connectivity index (χ1v) is 3.66. The summed E-state index contributed by atoms with van der Waals surface area (Å²) in [5.41, 5.74) is 5.16. The second kappa shape index (κ2) is 4.58. The fourth-order valence-electron chi connectivity index (χ4n) is 0.759. The quantitative estimate of drug-likeness (QED) is 0.479. The van der Waals surface area contributed by atoms with E-state index in [0.29, 0.717) is 0 Å². The number of ether oxygens (including phenoxy) is 1. The molecule has 5 nitrogen and oxygen atoms in total. The van der Waals surface area contributed by atoms with Gasteiger partial charge in [-0.05, 0) is 13.8 Å². The second-order valence-electron chi connectivity index (χ2n) is 2.72. The molecular formula is C7H15N3O2. The van der Waals surface area contributed by atoms with Crippen LogP contribution in [0.4, 0.5) is 4.79 Å². The molecule has 0 aliphatic rings. The van der Waals surface area contributed by atoms with Crippen molar-refractivity contribution in [2.24, 2.45) is 5.73 Å². The van der Waals surface area contributed by atoms with Gasteiger partial charge in [0.05, 0.1) is 13.7 Å². The smallest absolute Gasteiger partial charge is 0.410 e. The Morgan fingerprint density at radius 2 is 2.17 bits per heavy atom. The normalized spacial score (nSPS) is 9.67. The number of carbonyl (C=O) groups is 1. The number of hydrogen-bond donors (Lipinski definition) is 2. The lowest BCUT2D eigenvalue weighted by atomic mass is 10.3. The van der Waals surface area contributed by atoms with Gasteiger partial charge in [0.1, 0.15) is 5.84 Å². The zero-order valence-electron chi connectivity index (χ0n) is 7.63. The van der Waals surface area contributed by atoms with E-state index in [0.717, 1.165) is 0 Å². The van der Waals surface area contributed by atoms with Crippen LogP contribution < -0.4 is 5.73 Å². The molecule has 0 aromatic rings. The molecule has 0 aromatic heterocycles. The molecule has 0 rings (SSSR count). The minimum atomic E-state index is -0.458. The van der Waals surface area contributed by atoms with Crippen molar-refractivity contribution in [1.82, 2.24) is 4.90 Å². The van der Waals surface area contributed by atoms with Gasteiger partial charge in [0.25, 0.3) is 0 Å². The van der Waals surface area contributed by atoms with Crippen molar-refractivity contribution in [1.29, 1.82) is 5.41 Å². The number of methoxy groups -OCH3 is 1. The molecule has 0 radical (unpaired) electrons. The summed E-state index contributed by atoms with van der Waals surface area (Å²) in [4.78, 5) is 12.4. The van der Waals surface area contributed by atoms with E-state index in [9.17, 15) is 4.79 Å². The number of amidine groups is 1. The molecule has 0 atom stereocenters. The number of amides is 1. The van der Waals surface area contributed by atoms with E-state index < -0.39 is 6.09 Å². The molecule has 12 heavy (non-hydrogen) atoms. The first-order chi connectivity index (χ1) is 5.49. The number of nitrogens with one attached hydrogen (secondary N) is 1. The fraction of sp³-hybridized carbons (Fsp3) is 0.714. The van der Waals surface area contributed by atoms with Crippen LogP contribution in [0.2, 0.25) is 0 Å². The Labute approximate surface area is 72.0 Å². The molecule has 70 valence electrons. The summed E-state index contributed by atoms with van der Waals surface area (Å²) in [6.07, 6.45) is -0.458. The van der Waals surface area contributed by atoms with Crippen LogP contribution in [-0.4, -0.2) is 36.5 Å². The SMILES string of the molecule is COC(=O)N(CC(=N)N)C(C)C. The zero-order chi connectivity index (χ0) is 9.72. The molecule has 0 unspecified atom stereocenters. The minimum Gasteiger partial charge on any atom is -0.453 e. The molecular weight excluding hydrogens is 158 g/mol. The number of nitrogens with two attached hydrogens (primary N) is 1. The summed E-state index contributed by atoms with van der Waals surface area (Å²) < 4.78 is 4.51. The van der Waals surface area contributed by atoms with E-state index in [1.807, 2.05) is 13.8 Å². The van der Waals surface area contributed by atoms with Gasteiger partial charge in [-0.15, -0.1) is 0 Å². The molecule has 0 aromatic carbocycles. The van der Waals surface area contributed by atoms with Crippen molar-refractivity contribution in [2.75, 3.05) is 13.7 Å². The van der Waals surface area contributed by atoms with Crippen LogP contribution in [-0.2, 0) is 4.74 Å². The van der Waals surface area contributed by atoms with E-state index in [-0.39, 0.29) is 18.4 Å². The Balaban J connectivity index is 4.23. The lowest BCUT2D eigenvalue weighted by Crippen LogP contribution is -2.42. The van der Waals surface area contributed by atoms with Gasteiger partial charge in [-0.2, -0.15) is 0 Å². The van der Waals surface area contributed by atoms with Crippen LogP contribution in [0.25, 0.3) is 0 Å². The first kappa shape index (κ1) is 10.7. The molecule has 5 heteroatoms. The standard InChI is InChI=1S/C7H15N3O2/c1-5(2)10(4-6(8)9)7(11)12-3/h5H,4H2,1-3H3,(H3,8,9). The van der Waals surface area contributed by atoms with Gasteiger partial charge in [-0.3, -0.25) is 10.3 Å². The average molecular weight is 173 g/mol. The Hall–Kier alpha value is -1.26. The number of carbonyl (C=O) groups excluding carboxylic acids is 1. The zero-order valence-corrected chi connectivity index (χ0v) is 7.63. The monoisotopic (exact) mass is 173 g/mol. The largest absolute Gasteiger partial charge is 0.453 e. The maximum Gasteiger partial charge on any atom is 0.410 e. The van der Waals surface area contributed by atoms with Gasteiger partial charge < -0.3 is 10.5 Å². The van der Waals surface area contributed by atoms with Crippen molar-refractivity contribution in [3.05, 3.63) is 0 Å². The molecule has 0 saturated carbocycles. The molecule has 3 N–H and O–H groups in total. The van der Waals surface area contributed by atoms with Crippen LogP contribution in [0.1, 0.15) is 13.8 Å². The van der Waals surface area contributed by atoms with Gasteiger partial charge in [0.15, 0.2) is 0 Å². The fourth-order valence-corrected chi connectivity index (χ4v) is 0.759. The highest BCUT2D eigenvalue weighted by Gasteiger charge is 2.17. The Morgan fingerprint density at radius 1 is 1.67 bits per heavy atom. The molecule has 1 amide bonds. The van der Waals surface area contributed by atoms with Crippen LogP contribution in [0.15, 0.2) is 0 Å². The average Bonchev–Trinajstić information content (AvgIpc) is 1.98. The van der Waals surface area contributed by atoms with Gasteiger partial charge in [-0.1, -0.05) is 0 Å². The molecule has 0 bridgehead atoms. The third kappa shape index (κ3) is 3.23. The Kier molecular flexibility index (Phi) is 4.10. The van der Waals surface area contributed by atoms with E-state index in [4.69, 9.17) is 11.1 Å². The summed E-state index contributed by atoms with van der Waals surface area (Å²) in [5.74, 6) is -0.0471. The summed E-state index contributed by atoms with van der Waals surface area (Å²) in [7, 11) is 1.30. The Bertz CT molecular complexity index is 179. The summed E-state index contributed by atoms with van der Waals surface area (Å²) in [5, 5.41) is 7.01. The highest BCUT2D eigenvalue weighted by Crippen LogP contribution is 1.99. The highest BCUT2D eigenvalue weighted by atomic mass is 16.5. The van der Waals surface area contributed by atoms with Gasteiger partial charge in [0, 0.05) is 6.04 Å². The predicted molar refractivity (Wildman–Crippen MR) is 46.2 cm³/mol. The summed E-state index contributed by atoms with van der Waals surface area (Å²) >= 11 is 0. The number of hydrogen-bond acceptors (Lipinski definition) is 3. The lowest BCUT2D eigenvalue weighted by Gasteiger charge is -2.24. The van der Waals surface area contributed by atoms with E-state index in [1.165, 1.54) is 12.0 Å². The number of rotatable bonds is 3. The van der Waals surface area contributed by atoms with Crippen LogP contribution in [0.3, 0.4) is 0 Å². The maximum atomic E-state index is 11.0. The third-order valence-corrected chi connectivity index (χ3v) is 1.37. The van der Waals surface area contributed by atoms with Gasteiger partial charge >= 0.3 is 6.09 Å². The molecule has 0 heterocycles. The maximum absolute atomic E-state index is 11.0. The summed E-state index contributed by atoms with van der Waals surface area (Å²) in [6, 6.07) is -0.0126. The van der Waals surface area contributed by atoms with Crippen molar-refractivity contribution >= 4 is 11.9 Å². The van der Waals surface area contributed by atoms with Crippen molar-refractivity contribution < 1.29 is 9.53 Å². The lowest BCUT2D eigenvalue weighted by molar-refractivity contribution is 0.118. The van der Waals surface area contributed by atoms with E-state index >= 15 is 0 Å². The second-order valence-corrected chi connectivity index (χ2v) is 2.72. The first-order valence-electron chi connectivity index (χ1n) is 3.66. The number of nitrogens with zero attached hydrogens (tertiary/aromatic N) is 1. The Morgan fingerprint density at radius 3 is 2.42 bits per heavy atom. The van der Waals surface area contributed by atoms with Crippen LogP contribution in [0, 0.1) is 5.41 Å². The van der Waals surface area contributed by atoms with Gasteiger partial charge in [-0.25, -0.2) is 4.79 Å². The molecule has 0 spiro atoms. The third-order valence-electron chi connectivity index (χ3n) is 1.37. The van der Waals surface area contributed by atoms with Gasteiger partial charge in [0.2, 0.25) is 0 Å². The van der Waals surface area contributed by atoms with Crippen molar-refractivity contribution in [3.63, 3.8) is 0 Å². The molecule has 0 aliphatic carbocycles. The van der Waals surface area contributed by atoms with Crippen LogP contribution in [0.5, 0.6) is 0 Å². The van der Waals surface area contributed by atoms with Crippen molar-refractivity contribution in [3.8, 4) is 0 Å². The molecule has 0 aliphatic heterocycles. The van der Waals surface area contributed by atoms with Crippen LogP contribution >= 0.6 is 0 Å². The predicted octanol–water partition coefficient (Wildman–Crippen LogP) is 0.399. The minimum absolute atomic E-state index is 0.0126.